The first-order valence-electron chi connectivity index (χ1n) is 9.63. The van der Waals surface area contributed by atoms with E-state index in [0.717, 1.165) is 18.4 Å². The largest absolute Gasteiger partial charge is 0.379 e. The van der Waals surface area contributed by atoms with E-state index in [2.05, 4.69) is 5.32 Å². The minimum absolute atomic E-state index is 0.0112. The van der Waals surface area contributed by atoms with Crippen molar-refractivity contribution in [2.45, 2.75) is 19.8 Å². The van der Waals surface area contributed by atoms with Gasteiger partial charge in [0.05, 0.1) is 26.4 Å². The Morgan fingerprint density at radius 3 is 2.07 bits per heavy atom. The highest BCUT2D eigenvalue weighted by Crippen LogP contribution is 2.06. The first kappa shape index (κ1) is 24.0. The van der Waals surface area contributed by atoms with E-state index >= 15 is 0 Å². The number of hydrogen-bond acceptors (Lipinski definition) is 6. The summed E-state index contributed by atoms with van der Waals surface area (Å²) in [5, 5.41) is 2.86. The SMILES string of the molecule is CC(=O)/C=C/c1ccc(C(=O)NCCCOCCOCCOCCCN)cc1. The molecule has 0 atom stereocenters. The van der Waals surface area contributed by atoms with Crippen LogP contribution >= 0.6 is 0 Å². The summed E-state index contributed by atoms with van der Waals surface area (Å²) in [4.78, 5) is 23.0. The molecule has 0 saturated heterocycles. The minimum atomic E-state index is -0.125. The average Bonchev–Trinajstić information content (AvgIpc) is 2.70. The van der Waals surface area contributed by atoms with Crippen molar-refractivity contribution in [3.05, 3.63) is 41.5 Å². The van der Waals surface area contributed by atoms with Crippen molar-refractivity contribution in [1.29, 1.82) is 0 Å². The molecule has 156 valence electrons. The number of hydrogen-bond donors (Lipinski definition) is 2. The molecule has 0 saturated carbocycles. The molecule has 1 aromatic rings. The number of benzene rings is 1. The van der Waals surface area contributed by atoms with Crippen LogP contribution in [0.4, 0.5) is 0 Å². The lowest BCUT2D eigenvalue weighted by Crippen LogP contribution is -2.25. The zero-order chi connectivity index (χ0) is 20.5. The second kappa shape index (κ2) is 15.9. The molecule has 7 heteroatoms. The van der Waals surface area contributed by atoms with Crippen LogP contribution < -0.4 is 11.1 Å². The van der Waals surface area contributed by atoms with Crippen molar-refractivity contribution >= 4 is 17.8 Å². The number of allylic oxidation sites excluding steroid dienone is 1. The summed E-state index contributed by atoms with van der Waals surface area (Å²) >= 11 is 0. The highest BCUT2D eigenvalue weighted by Gasteiger charge is 2.04. The quantitative estimate of drug-likeness (QED) is 0.329. The fourth-order valence-electron chi connectivity index (χ4n) is 2.16. The summed E-state index contributed by atoms with van der Waals surface area (Å²) in [5.74, 6) is -0.136. The molecule has 0 aromatic heterocycles. The maximum Gasteiger partial charge on any atom is 0.251 e. The van der Waals surface area contributed by atoms with Gasteiger partial charge < -0.3 is 25.3 Å². The van der Waals surface area contributed by atoms with Crippen molar-refractivity contribution in [2.75, 3.05) is 52.7 Å². The number of carbonyl (C=O) groups is 2. The van der Waals surface area contributed by atoms with Gasteiger partial charge in [0.2, 0.25) is 0 Å². The fourth-order valence-corrected chi connectivity index (χ4v) is 2.16. The standard InChI is InChI=1S/C21H32N2O5/c1-18(24)4-5-19-6-8-20(9-7-19)21(25)23-11-3-13-27-15-17-28-16-14-26-12-2-10-22/h4-9H,2-3,10-17,22H2,1H3,(H,23,25)/b5-4+. The molecular formula is C21H32N2O5. The lowest BCUT2D eigenvalue weighted by Gasteiger charge is -2.08. The Balaban J connectivity index is 2.01. The van der Waals surface area contributed by atoms with Crippen LogP contribution in [-0.2, 0) is 19.0 Å². The van der Waals surface area contributed by atoms with E-state index in [9.17, 15) is 9.59 Å². The first-order valence-corrected chi connectivity index (χ1v) is 9.63. The monoisotopic (exact) mass is 392 g/mol. The predicted octanol–water partition coefficient (Wildman–Crippen LogP) is 1.81. The molecule has 7 nitrogen and oxygen atoms in total. The number of amides is 1. The van der Waals surface area contributed by atoms with Gasteiger partial charge in [-0.3, -0.25) is 9.59 Å². The van der Waals surface area contributed by atoms with Crippen LogP contribution in [0.15, 0.2) is 30.3 Å². The van der Waals surface area contributed by atoms with Crippen LogP contribution in [-0.4, -0.2) is 64.4 Å². The molecule has 1 amide bonds. The van der Waals surface area contributed by atoms with Crippen molar-refractivity contribution in [2.24, 2.45) is 5.73 Å². The van der Waals surface area contributed by atoms with Gasteiger partial charge in [0.1, 0.15) is 0 Å². The summed E-state index contributed by atoms with van der Waals surface area (Å²) in [6.45, 7) is 6.07. The maximum atomic E-state index is 12.1. The Hall–Kier alpha value is -2.06. The van der Waals surface area contributed by atoms with E-state index in [1.807, 2.05) is 0 Å². The second-order valence-electron chi connectivity index (χ2n) is 6.15. The first-order chi connectivity index (χ1) is 13.6. The third-order valence-corrected chi connectivity index (χ3v) is 3.67. The second-order valence-corrected chi connectivity index (χ2v) is 6.15. The molecule has 0 aliphatic heterocycles. The summed E-state index contributed by atoms with van der Waals surface area (Å²) in [7, 11) is 0. The number of rotatable bonds is 16. The van der Waals surface area contributed by atoms with Gasteiger partial charge in [-0.2, -0.15) is 0 Å². The Morgan fingerprint density at radius 2 is 1.50 bits per heavy atom. The van der Waals surface area contributed by atoms with Gasteiger partial charge in [-0.05, 0) is 50.1 Å². The van der Waals surface area contributed by atoms with Gasteiger partial charge in [-0.1, -0.05) is 18.2 Å². The van der Waals surface area contributed by atoms with E-state index in [1.165, 1.54) is 13.0 Å². The van der Waals surface area contributed by atoms with Crippen LogP contribution in [0.3, 0.4) is 0 Å². The summed E-state index contributed by atoms with van der Waals surface area (Å²) < 4.78 is 16.2. The van der Waals surface area contributed by atoms with Crippen LogP contribution in [0, 0.1) is 0 Å². The molecule has 0 fully saturated rings. The number of ketones is 1. The zero-order valence-electron chi connectivity index (χ0n) is 16.7. The zero-order valence-corrected chi connectivity index (χ0v) is 16.7. The van der Waals surface area contributed by atoms with Crippen LogP contribution in [0.25, 0.3) is 6.08 Å². The summed E-state index contributed by atoms with van der Waals surface area (Å²) in [5.41, 5.74) is 6.83. The molecule has 0 bridgehead atoms. The fraction of sp³-hybridized carbons (Fsp3) is 0.524. The van der Waals surface area contributed by atoms with E-state index < -0.39 is 0 Å². The van der Waals surface area contributed by atoms with Gasteiger partial charge in [0.15, 0.2) is 5.78 Å². The highest BCUT2D eigenvalue weighted by molar-refractivity contribution is 5.95. The van der Waals surface area contributed by atoms with Gasteiger partial charge >= 0.3 is 0 Å². The van der Waals surface area contributed by atoms with Crippen LogP contribution in [0.5, 0.6) is 0 Å². The molecule has 28 heavy (non-hydrogen) atoms. The smallest absolute Gasteiger partial charge is 0.251 e. The summed E-state index contributed by atoms with van der Waals surface area (Å²) in [6.07, 6.45) is 4.81. The van der Waals surface area contributed by atoms with Crippen LogP contribution in [0.1, 0.15) is 35.7 Å². The lowest BCUT2D eigenvalue weighted by atomic mass is 10.1. The number of ether oxygens (including phenoxy) is 3. The Morgan fingerprint density at radius 1 is 0.929 bits per heavy atom. The van der Waals surface area contributed by atoms with Crippen LogP contribution in [0.2, 0.25) is 0 Å². The number of nitrogens with two attached hydrogens (primary N) is 1. The highest BCUT2D eigenvalue weighted by atomic mass is 16.5. The van der Waals surface area contributed by atoms with E-state index in [4.69, 9.17) is 19.9 Å². The van der Waals surface area contributed by atoms with Gasteiger partial charge in [0.25, 0.3) is 5.91 Å². The molecule has 1 aromatic carbocycles. The molecule has 0 aliphatic rings. The third kappa shape index (κ3) is 12.3. The third-order valence-electron chi connectivity index (χ3n) is 3.67. The molecule has 1 rings (SSSR count). The van der Waals surface area contributed by atoms with Gasteiger partial charge in [0, 0.05) is 25.3 Å². The van der Waals surface area contributed by atoms with Gasteiger partial charge in [-0.15, -0.1) is 0 Å². The topological polar surface area (TPSA) is 99.9 Å². The summed E-state index contributed by atoms with van der Waals surface area (Å²) in [6, 6.07) is 7.09. The molecule has 0 radical (unpaired) electrons. The average molecular weight is 392 g/mol. The molecular weight excluding hydrogens is 360 g/mol. The number of carbonyl (C=O) groups excluding carboxylic acids is 2. The van der Waals surface area contributed by atoms with E-state index in [1.54, 1.807) is 30.3 Å². The van der Waals surface area contributed by atoms with Crippen molar-refractivity contribution < 1.29 is 23.8 Å². The molecule has 0 aliphatic carbocycles. The van der Waals surface area contributed by atoms with Crippen molar-refractivity contribution in [1.82, 2.24) is 5.32 Å². The van der Waals surface area contributed by atoms with Crippen molar-refractivity contribution in [3.63, 3.8) is 0 Å². The predicted molar refractivity (Wildman–Crippen MR) is 109 cm³/mol. The molecule has 3 N–H and O–H groups in total. The Bertz CT molecular complexity index is 587. The molecule has 0 unspecified atom stereocenters. The lowest BCUT2D eigenvalue weighted by molar-refractivity contribution is -0.112. The molecule has 0 spiro atoms. The Kier molecular flexibility index (Phi) is 13.7. The Labute approximate surface area is 167 Å². The van der Waals surface area contributed by atoms with E-state index in [-0.39, 0.29) is 11.7 Å². The minimum Gasteiger partial charge on any atom is -0.379 e. The number of nitrogens with one attached hydrogen (secondary N) is 1. The normalized spacial score (nSPS) is 11.1. The molecule has 0 heterocycles. The van der Waals surface area contributed by atoms with Crippen molar-refractivity contribution in [3.8, 4) is 0 Å². The maximum absolute atomic E-state index is 12.1. The van der Waals surface area contributed by atoms with E-state index in [0.29, 0.717) is 58.3 Å². The van der Waals surface area contributed by atoms with Gasteiger partial charge in [-0.25, -0.2) is 0 Å².